The average molecular weight is 409 g/mol. The topological polar surface area (TPSA) is 78.6 Å². The first-order valence-electron chi connectivity index (χ1n) is 8.84. The van der Waals surface area contributed by atoms with Crippen LogP contribution in [-0.2, 0) is 0 Å². The molecular formula is C19H16N6OS2. The number of hydrogen-bond donors (Lipinski definition) is 0. The van der Waals surface area contributed by atoms with Crippen molar-refractivity contribution < 1.29 is 4.74 Å². The van der Waals surface area contributed by atoms with E-state index in [4.69, 9.17) is 4.74 Å². The van der Waals surface area contributed by atoms with Crippen LogP contribution in [0.5, 0.6) is 5.75 Å². The highest BCUT2D eigenvalue weighted by Gasteiger charge is 2.28. The SMILES string of the molecule is COc1ccc(-n2c(Sc3nc(C4CC4)ns3)nnc2-c2ccccn2)cc1. The van der Waals surface area contributed by atoms with Crippen molar-refractivity contribution in [1.29, 1.82) is 0 Å². The zero-order valence-corrected chi connectivity index (χ0v) is 16.7. The van der Waals surface area contributed by atoms with E-state index < -0.39 is 0 Å². The summed E-state index contributed by atoms with van der Waals surface area (Å²) in [7, 11) is 1.65. The van der Waals surface area contributed by atoms with Crippen LogP contribution < -0.4 is 4.74 Å². The number of hydrogen-bond acceptors (Lipinski definition) is 8. The van der Waals surface area contributed by atoms with Gasteiger partial charge in [-0.25, -0.2) is 4.98 Å². The number of ether oxygens (including phenoxy) is 1. The molecule has 0 amide bonds. The van der Waals surface area contributed by atoms with E-state index >= 15 is 0 Å². The summed E-state index contributed by atoms with van der Waals surface area (Å²) in [4.78, 5) is 9.11. The van der Waals surface area contributed by atoms with Gasteiger partial charge >= 0.3 is 0 Å². The van der Waals surface area contributed by atoms with Gasteiger partial charge in [0.1, 0.15) is 17.3 Å². The Bertz CT molecular complexity index is 1090. The Balaban J connectivity index is 1.56. The van der Waals surface area contributed by atoms with Crippen LogP contribution in [0.1, 0.15) is 24.6 Å². The van der Waals surface area contributed by atoms with Crippen LogP contribution in [0.4, 0.5) is 0 Å². The molecule has 3 aromatic heterocycles. The highest BCUT2D eigenvalue weighted by Crippen LogP contribution is 2.41. The minimum absolute atomic E-state index is 0.536. The van der Waals surface area contributed by atoms with Crippen molar-refractivity contribution in [2.24, 2.45) is 0 Å². The highest BCUT2D eigenvalue weighted by atomic mass is 32.2. The van der Waals surface area contributed by atoms with Gasteiger partial charge in [-0.3, -0.25) is 9.55 Å². The largest absolute Gasteiger partial charge is 0.497 e. The molecule has 3 heterocycles. The van der Waals surface area contributed by atoms with Crippen LogP contribution in [0.2, 0.25) is 0 Å². The second-order valence-corrected chi connectivity index (χ2v) is 8.32. The Hall–Kier alpha value is -2.78. The fourth-order valence-corrected chi connectivity index (χ4v) is 4.45. The zero-order valence-electron chi connectivity index (χ0n) is 15.0. The van der Waals surface area contributed by atoms with Gasteiger partial charge in [0.2, 0.25) is 5.16 Å². The monoisotopic (exact) mass is 408 g/mol. The molecule has 5 rings (SSSR count). The molecule has 0 atom stereocenters. The summed E-state index contributed by atoms with van der Waals surface area (Å²) in [6.07, 6.45) is 4.13. The van der Waals surface area contributed by atoms with E-state index in [1.807, 2.05) is 47.0 Å². The Morgan fingerprint density at radius 1 is 1.11 bits per heavy atom. The second-order valence-electron chi connectivity index (χ2n) is 6.35. The fraction of sp³-hybridized carbons (Fsp3) is 0.211. The number of methoxy groups -OCH3 is 1. The molecular weight excluding hydrogens is 392 g/mol. The van der Waals surface area contributed by atoms with E-state index in [1.54, 1.807) is 13.3 Å². The van der Waals surface area contributed by atoms with Crippen molar-refractivity contribution in [1.82, 2.24) is 29.1 Å². The molecule has 28 heavy (non-hydrogen) atoms. The lowest BCUT2D eigenvalue weighted by molar-refractivity contribution is 0.414. The van der Waals surface area contributed by atoms with Crippen molar-refractivity contribution in [2.45, 2.75) is 28.3 Å². The Morgan fingerprint density at radius 3 is 2.68 bits per heavy atom. The smallest absolute Gasteiger partial charge is 0.203 e. The maximum absolute atomic E-state index is 5.28. The standard InChI is InChI=1S/C19H16N6OS2/c1-26-14-9-7-13(8-10-14)25-17(15-4-2-3-11-20-15)22-23-18(25)27-19-21-16(24-28-19)12-5-6-12/h2-4,7-12H,5-6H2,1H3. The first kappa shape index (κ1) is 17.3. The van der Waals surface area contributed by atoms with E-state index in [-0.39, 0.29) is 0 Å². The van der Waals surface area contributed by atoms with Crippen LogP contribution in [0.3, 0.4) is 0 Å². The number of rotatable bonds is 6. The molecule has 0 saturated heterocycles. The summed E-state index contributed by atoms with van der Waals surface area (Å²) in [5.41, 5.74) is 1.69. The molecule has 1 fully saturated rings. The zero-order chi connectivity index (χ0) is 18.9. The van der Waals surface area contributed by atoms with Gasteiger partial charge in [0.05, 0.1) is 12.8 Å². The average Bonchev–Trinajstić information content (AvgIpc) is 3.36. The van der Waals surface area contributed by atoms with Crippen LogP contribution in [0.25, 0.3) is 17.2 Å². The first-order valence-corrected chi connectivity index (χ1v) is 10.4. The lowest BCUT2D eigenvalue weighted by Gasteiger charge is -2.10. The summed E-state index contributed by atoms with van der Waals surface area (Å²) in [6.45, 7) is 0. The summed E-state index contributed by atoms with van der Waals surface area (Å²) < 4.78 is 12.6. The third-order valence-electron chi connectivity index (χ3n) is 4.40. The Morgan fingerprint density at radius 2 is 1.96 bits per heavy atom. The molecule has 0 bridgehead atoms. The molecule has 0 radical (unpaired) electrons. The molecule has 0 spiro atoms. The molecule has 1 aromatic carbocycles. The molecule has 0 unspecified atom stereocenters. The van der Waals surface area contributed by atoms with Crippen molar-refractivity contribution >= 4 is 23.3 Å². The van der Waals surface area contributed by atoms with E-state index in [2.05, 4.69) is 24.5 Å². The van der Waals surface area contributed by atoms with Crippen molar-refractivity contribution in [3.8, 4) is 23.0 Å². The van der Waals surface area contributed by atoms with Gasteiger partial charge in [-0.2, -0.15) is 4.37 Å². The molecule has 7 nitrogen and oxygen atoms in total. The van der Waals surface area contributed by atoms with Crippen LogP contribution in [0, 0.1) is 0 Å². The number of pyridine rings is 1. The molecule has 0 aliphatic heterocycles. The van der Waals surface area contributed by atoms with Gasteiger partial charge in [0, 0.05) is 12.1 Å². The van der Waals surface area contributed by atoms with Crippen LogP contribution in [-0.4, -0.2) is 36.2 Å². The molecule has 9 heteroatoms. The minimum Gasteiger partial charge on any atom is -0.497 e. The van der Waals surface area contributed by atoms with E-state index in [1.165, 1.54) is 36.1 Å². The van der Waals surface area contributed by atoms with E-state index in [0.717, 1.165) is 32.5 Å². The lowest BCUT2D eigenvalue weighted by Crippen LogP contribution is -2.00. The summed E-state index contributed by atoms with van der Waals surface area (Å²) in [6, 6.07) is 13.5. The molecule has 1 aliphatic rings. The normalized spacial score (nSPS) is 13.6. The van der Waals surface area contributed by atoms with E-state index in [9.17, 15) is 0 Å². The number of aromatic nitrogens is 6. The maximum Gasteiger partial charge on any atom is 0.203 e. The molecule has 1 saturated carbocycles. The lowest BCUT2D eigenvalue weighted by atomic mass is 10.3. The fourth-order valence-electron chi connectivity index (χ4n) is 2.81. The van der Waals surface area contributed by atoms with Gasteiger partial charge in [0.25, 0.3) is 0 Å². The number of nitrogens with zero attached hydrogens (tertiary/aromatic N) is 6. The predicted octanol–water partition coefficient (Wildman–Crippen LogP) is 4.22. The van der Waals surface area contributed by atoms with Crippen LogP contribution in [0.15, 0.2) is 58.2 Å². The third kappa shape index (κ3) is 3.38. The summed E-state index contributed by atoms with van der Waals surface area (Å²) in [5, 5.41) is 9.56. The van der Waals surface area contributed by atoms with Gasteiger partial charge in [0.15, 0.2) is 10.2 Å². The summed E-state index contributed by atoms with van der Waals surface area (Å²) in [5.74, 6) is 2.96. The Kier molecular flexibility index (Phi) is 4.53. The van der Waals surface area contributed by atoms with Crippen LogP contribution >= 0.6 is 23.3 Å². The quantitative estimate of drug-likeness (QED) is 0.473. The van der Waals surface area contributed by atoms with Gasteiger partial charge in [-0.15, -0.1) is 10.2 Å². The maximum atomic E-state index is 5.28. The van der Waals surface area contributed by atoms with Crippen molar-refractivity contribution in [2.75, 3.05) is 7.11 Å². The molecule has 1 aliphatic carbocycles. The van der Waals surface area contributed by atoms with Gasteiger partial charge < -0.3 is 4.74 Å². The second kappa shape index (κ2) is 7.33. The molecule has 140 valence electrons. The predicted molar refractivity (Wildman–Crippen MR) is 107 cm³/mol. The van der Waals surface area contributed by atoms with Gasteiger partial charge in [-0.1, -0.05) is 6.07 Å². The Labute approximate surface area is 170 Å². The summed E-state index contributed by atoms with van der Waals surface area (Å²) >= 11 is 2.89. The first-order chi connectivity index (χ1) is 13.8. The third-order valence-corrected chi connectivity index (χ3v) is 6.11. The number of benzene rings is 1. The van der Waals surface area contributed by atoms with E-state index in [0.29, 0.717) is 11.7 Å². The van der Waals surface area contributed by atoms with Crippen molar-refractivity contribution in [3.63, 3.8) is 0 Å². The minimum atomic E-state index is 0.536. The molecule has 4 aromatic rings. The van der Waals surface area contributed by atoms with Crippen molar-refractivity contribution in [3.05, 3.63) is 54.5 Å². The highest BCUT2D eigenvalue weighted by molar-refractivity contribution is 8.00. The molecule has 0 N–H and O–H groups in total. The van der Waals surface area contributed by atoms with Gasteiger partial charge in [-0.05, 0) is 72.5 Å².